The smallest absolute Gasteiger partial charge is 0.258 e. The highest BCUT2D eigenvalue weighted by atomic mass is 16.5. The summed E-state index contributed by atoms with van der Waals surface area (Å²) in [5.74, 6) is 0.987. The zero-order valence-corrected chi connectivity index (χ0v) is 14.8. The molecule has 2 aromatic heterocycles. The summed E-state index contributed by atoms with van der Waals surface area (Å²) in [5.41, 5.74) is 9.13. The van der Waals surface area contributed by atoms with Crippen LogP contribution in [0.5, 0.6) is 0 Å². The Bertz CT molecular complexity index is 1190. The quantitative estimate of drug-likeness (QED) is 0.316. The summed E-state index contributed by atoms with van der Waals surface area (Å²) in [6, 6.07) is 15.6. The lowest BCUT2D eigenvalue weighted by molar-refractivity contribution is 0.432. The lowest BCUT2D eigenvalue weighted by atomic mass is 9.96. The molecule has 1 aliphatic heterocycles. The first kappa shape index (κ1) is 16.1. The number of nitroso groups, excluding NO2 is 1. The highest BCUT2D eigenvalue weighted by Crippen LogP contribution is 2.48. The summed E-state index contributed by atoms with van der Waals surface area (Å²) < 4.78 is 5.43. The average molecular weight is 370 g/mol. The number of pyridine rings is 1. The fraction of sp³-hybridized carbons (Fsp3) is 0.0500. The number of fused-ring (bicyclic) bond motifs is 1. The van der Waals surface area contributed by atoms with Gasteiger partial charge in [0.25, 0.3) is 5.89 Å². The molecular weight excluding hydrogens is 356 g/mol. The molecule has 136 valence electrons. The molecule has 3 heterocycles. The number of aromatic nitrogens is 3. The van der Waals surface area contributed by atoms with E-state index in [2.05, 4.69) is 25.9 Å². The van der Waals surface area contributed by atoms with Gasteiger partial charge >= 0.3 is 0 Å². The molecular formula is C20H14N6O2. The molecule has 1 aliphatic rings. The highest BCUT2D eigenvalue weighted by molar-refractivity contribution is 5.95. The lowest BCUT2D eigenvalue weighted by Gasteiger charge is -2.08. The normalized spacial score (nSPS) is 11.8. The van der Waals surface area contributed by atoms with Crippen LogP contribution in [0.1, 0.15) is 5.56 Å². The summed E-state index contributed by atoms with van der Waals surface area (Å²) in [6.07, 6.45) is 3.37. The Morgan fingerprint density at radius 2 is 1.82 bits per heavy atom. The SMILES string of the molecule is Cc1c(-c2ccc3c(c2)N3NN=O)cccc1-c1noc(-c2ccncc2)n1. The van der Waals surface area contributed by atoms with Gasteiger partial charge in [0.2, 0.25) is 5.82 Å². The Kier molecular flexibility index (Phi) is 3.61. The summed E-state index contributed by atoms with van der Waals surface area (Å²) in [6.45, 7) is 2.03. The average Bonchev–Trinajstić information content (AvgIpc) is 3.19. The van der Waals surface area contributed by atoms with Crippen LogP contribution >= 0.6 is 0 Å². The van der Waals surface area contributed by atoms with E-state index < -0.39 is 0 Å². The van der Waals surface area contributed by atoms with Crippen LogP contribution < -0.4 is 10.5 Å². The molecule has 0 saturated carbocycles. The molecule has 8 nitrogen and oxygen atoms in total. The molecule has 5 rings (SSSR count). The van der Waals surface area contributed by atoms with Crippen LogP contribution in [0.2, 0.25) is 0 Å². The molecule has 0 unspecified atom stereocenters. The van der Waals surface area contributed by atoms with E-state index in [9.17, 15) is 4.91 Å². The van der Waals surface area contributed by atoms with Crippen LogP contribution in [0.4, 0.5) is 11.4 Å². The van der Waals surface area contributed by atoms with E-state index >= 15 is 0 Å². The third-order valence-electron chi connectivity index (χ3n) is 4.79. The van der Waals surface area contributed by atoms with Crippen molar-refractivity contribution in [3.05, 3.63) is 71.4 Å². The van der Waals surface area contributed by atoms with Gasteiger partial charge < -0.3 is 4.52 Å². The number of anilines is 2. The second-order valence-corrected chi connectivity index (χ2v) is 6.37. The van der Waals surface area contributed by atoms with E-state index in [1.54, 1.807) is 17.4 Å². The molecule has 0 radical (unpaired) electrons. The zero-order valence-electron chi connectivity index (χ0n) is 14.8. The maximum absolute atomic E-state index is 10.4. The minimum Gasteiger partial charge on any atom is -0.334 e. The number of hydrazine groups is 1. The molecule has 4 aromatic rings. The van der Waals surface area contributed by atoms with E-state index in [-0.39, 0.29) is 0 Å². The highest BCUT2D eigenvalue weighted by Gasteiger charge is 2.30. The number of rotatable bonds is 5. The van der Waals surface area contributed by atoms with Crippen LogP contribution in [0, 0.1) is 11.8 Å². The maximum atomic E-state index is 10.4. The second kappa shape index (κ2) is 6.27. The maximum Gasteiger partial charge on any atom is 0.258 e. The third kappa shape index (κ3) is 2.59. The van der Waals surface area contributed by atoms with Gasteiger partial charge in [-0.25, -0.2) is 5.01 Å². The summed E-state index contributed by atoms with van der Waals surface area (Å²) in [7, 11) is 0. The summed E-state index contributed by atoms with van der Waals surface area (Å²) >= 11 is 0. The molecule has 0 atom stereocenters. The van der Waals surface area contributed by atoms with Crippen molar-refractivity contribution in [1.29, 1.82) is 0 Å². The second-order valence-electron chi connectivity index (χ2n) is 6.37. The van der Waals surface area contributed by atoms with Crippen molar-refractivity contribution in [3.8, 4) is 34.0 Å². The first-order chi connectivity index (χ1) is 13.8. The predicted molar refractivity (Wildman–Crippen MR) is 104 cm³/mol. The Hall–Kier alpha value is -4.07. The van der Waals surface area contributed by atoms with Crippen LogP contribution in [0.15, 0.2) is 70.7 Å². The molecule has 2 aromatic carbocycles. The first-order valence-corrected chi connectivity index (χ1v) is 8.63. The molecule has 0 saturated heterocycles. The number of hydrogen-bond donors (Lipinski definition) is 1. The first-order valence-electron chi connectivity index (χ1n) is 8.63. The van der Waals surface area contributed by atoms with Crippen molar-refractivity contribution < 1.29 is 4.52 Å². The Balaban J connectivity index is 1.51. The van der Waals surface area contributed by atoms with Crippen LogP contribution in [-0.4, -0.2) is 15.1 Å². The van der Waals surface area contributed by atoms with E-state index in [4.69, 9.17) is 4.52 Å². The van der Waals surface area contributed by atoms with Crippen LogP contribution in [0.3, 0.4) is 0 Å². The van der Waals surface area contributed by atoms with Gasteiger partial charge in [0.05, 0.1) is 16.7 Å². The molecule has 28 heavy (non-hydrogen) atoms. The number of nitrogens with one attached hydrogen (secondary N) is 1. The number of hydrogen-bond acceptors (Lipinski definition) is 7. The Morgan fingerprint density at radius 1 is 1.00 bits per heavy atom. The van der Waals surface area contributed by atoms with E-state index in [0.29, 0.717) is 11.7 Å². The fourth-order valence-electron chi connectivity index (χ4n) is 3.31. The largest absolute Gasteiger partial charge is 0.334 e. The van der Waals surface area contributed by atoms with Gasteiger partial charge in [-0.15, -0.1) is 4.91 Å². The van der Waals surface area contributed by atoms with Crippen molar-refractivity contribution in [2.24, 2.45) is 5.29 Å². The summed E-state index contributed by atoms with van der Waals surface area (Å²) in [5, 5.41) is 8.49. The third-order valence-corrected chi connectivity index (χ3v) is 4.79. The summed E-state index contributed by atoms with van der Waals surface area (Å²) in [4.78, 5) is 19.0. The van der Waals surface area contributed by atoms with Gasteiger partial charge in [-0.1, -0.05) is 29.4 Å². The van der Waals surface area contributed by atoms with E-state index in [0.717, 1.165) is 39.2 Å². The van der Waals surface area contributed by atoms with Gasteiger partial charge in [-0.2, -0.15) is 10.5 Å². The minimum atomic E-state index is 0.454. The Morgan fingerprint density at radius 3 is 2.64 bits per heavy atom. The standard InChI is InChI=1S/C20H14N6O2/c1-12-15(14-5-6-17-18(11-14)26(17)24-25-27)3-2-4-16(12)19-22-20(28-23-19)13-7-9-21-10-8-13/h2-11H,1H3,(H,24,27). The van der Waals surface area contributed by atoms with E-state index in [1.807, 2.05) is 55.5 Å². The van der Waals surface area contributed by atoms with Gasteiger partial charge in [0.1, 0.15) is 0 Å². The van der Waals surface area contributed by atoms with Crippen molar-refractivity contribution in [1.82, 2.24) is 20.7 Å². The van der Waals surface area contributed by atoms with Crippen molar-refractivity contribution in [2.75, 3.05) is 5.01 Å². The van der Waals surface area contributed by atoms with Gasteiger partial charge in [0, 0.05) is 23.5 Å². The number of nitrogens with zero attached hydrogens (tertiary/aromatic N) is 5. The van der Waals surface area contributed by atoms with Gasteiger partial charge in [-0.05, 0) is 47.9 Å². The molecule has 1 N–H and O–H groups in total. The molecule has 0 bridgehead atoms. The van der Waals surface area contributed by atoms with E-state index in [1.165, 1.54) is 0 Å². The van der Waals surface area contributed by atoms with Crippen molar-refractivity contribution in [3.63, 3.8) is 0 Å². The molecule has 0 aliphatic carbocycles. The van der Waals surface area contributed by atoms with Crippen molar-refractivity contribution >= 4 is 11.4 Å². The lowest BCUT2D eigenvalue weighted by Crippen LogP contribution is -2.14. The monoisotopic (exact) mass is 370 g/mol. The van der Waals surface area contributed by atoms with Gasteiger partial charge in [-0.3, -0.25) is 4.98 Å². The molecule has 0 spiro atoms. The Labute approximate surface area is 159 Å². The fourth-order valence-corrected chi connectivity index (χ4v) is 3.31. The van der Waals surface area contributed by atoms with Crippen molar-refractivity contribution in [2.45, 2.75) is 6.92 Å². The molecule has 0 fully saturated rings. The number of benzene rings is 2. The molecule has 8 heteroatoms. The van der Waals surface area contributed by atoms with Crippen LogP contribution in [-0.2, 0) is 0 Å². The molecule has 0 amide bonds. The minimum absolute atomic E-state index is 0.454. The topological polar surface area (TPSA) is 96.3 Å². The van der Waals surface area contributed by atoms with Gasteiger partial charge in [0.15, 0.2) is 0 Å². The zero-order chi connectivity index (χ0) is 19.1. The van der Waals surface area contributed by atoms with Crippen LogP contribution in [0.25, 0.3) is 34.0 Å². The predicted octanol–water partition coefficient (Wildman–Crippen LogP) is 4.41.